The van der Waals surface area contributed by atoms with E-state index in [0.717, 1.165) is 42.4 Å². The first kappa shape index (κ1) is 19.2. The monoisotopic (exact) mass is 390 g/mol. The maximum absolute atomic E-state index is 13.3. The minimum atomic E-state index is -0.608. The lowest BCUT2D eigenvalue weighted by Crippen LogP contribution is -2.51. The largest absolute Gasteiger partial charge is 0.361 e. The second-order valence-electron chi connectivity index (χ2n) is 7.83. The maximum atomic E-state index is 13.3. The van der Waals surface area contributed by atoms with Crippen molar-refractivity contribution < 1.29 is 9.59 Å². The van der Waals surface area contributed by atoms with Gasteiger partial charge in [0.25, 0.3) is 5.91 Å². The van der Waals surface area contributed by atoms with Crippen LogP contribution in [0.2, 0.25) is 0 Å². The second-order valence-corrected chi connectivity index (χ2v) is 7.83. The van der Waals surface area contributed by atoms with E-state index in [1.807, 2.05) is 35.4 Å². The van der Waals surface area contributed by atoms with Gasteiger partial charge in [0.05, 0.1) is 0 Å². The summed E-state index contributed by atoms with van der Waals surface area (Å²) in [4.78, 5) is 35.2. The third-order valence-electron chi connectivity index (χ3n) is 5.74. The summed E-state index contributed by atoms with van der Waals surface area (Å²) in [5.74, 6) is 0.373. The lowest BCUT2D eigenvalue weighted by molar-refractivity contribution is -0.134. The molecule has 1 aromatic carbocycles. The molecular weight excluding hydrogens is 364 g/mol. The van der Waals surface area contributed by atoms with Crippen molar-refractivity contribution >= 4 is 22.7 Å². The SMILES string of the molecule is CC1CCN(C(=O)[C@@H](Cc2c[nH]c3ccccc23)NC(=O)c2ccncc2)CC1. The molecule has 3 aromatic rings. The molecule has 1 saturated heterocycles. The predicted octanol–water partition coefficient (Wildman–Crippen LogP) is 3.16. The number of likely N-dealkylation sites (tertiary alicyclic amines) is 1. The van der Waals surface area contributed by atoms with Gasteiger partial charge >= 0.3 is 0 Å². The number of rotatable bonds is 5. The molecule has 1 aliphatic heterocycles. The number of aromatic amines is 1. The van der Waals surface area contributed by atoms with Crippen LogP contribution < -0.4 is 5.32 Å². The zero-order chi connectivity index (χ0) is 20.2. The molecule has 0 unspecified atom stereocenters. The summed E-state index contributed by atoms with van der Waals surface area (Å²) >= 11 is 0. The molecule has 6 heteroatoms. The number of nitrogens with zero attached hydrogens (tertiary/aromatic N) is 2. The minimum absolute atomic E-state index is 0.00964. The molecule has 2 aromatic heterocycles. The van der Waals surface area contributed by atoms with Gasteiger partial charge in [0.15, 0.2) is 0 Å². The van der Waals surface area contributed by atoms with E-state index < -0.39 is 6.04 Å². The number of H-pyrrole nitrogens is 1. The van der Waals surface area contributed by atoms with E-state index in [1.54, 1.807) is 24.5 Å². The summed E-state index contributed by atoms with van der Waals surface area (Å²) in [7, 11) is 0. The molecule has 3 heterocycles. The Kier molecular flexibility index (Phi) is 5.60. The molecule has 29 heavy (non-hydrogen) atoms. The number of fused-ring (bicyclic) bond motifs is 1. The van der Waals surface area contributed by atoms with Crippen molar-refractivity contribution in [3.8, 4) is 0 Å². The zero-order valence-electron chi connectivity index (χ0n) is 16.6. The summed E-state index contributed by atoms with van der Waals surface area (Å²) in [5, 5.41) is 4.05. The van der Waals surface area contributed by atoms with E-state index in [4.69, 9.17) is 0 Å². The zero-order valence-corrected chi connectivity index (χ0v) is 16.6. The van der Waals surface area contributed by atoms with E-state index in [9.17, 15) is 9.59 Å². The highest BCUT2D eigenvalue weighted by Crippen LogP contribution is 2.21. The van der Waals surface area contributed by atoms with Crippen molar-refractivity contribution in [2.75, 3.05) is 13.1 Å². The van der Waals surface area contributed by atoms with Crippen LogP contribution in [0.1, 0.15) is 35.7 Å². The normalized spacial score (nSPS) is 16.0. The summed E-state index contributed by atoms with van der Waals surface area (Å²) in [5.41, 5.74) is 2.56. The molecule has 0 saturated carbocycles. The number of carbonyl (C=O) groups excluding carboxylic acids is 2. The smallest absolute Gasteiger partial charge is 0.252 e. The van der Waals surface area contributed by atoms with Gasteiger partial charge in [-0.05, 0) is 42.5 Å². The number of piperidine rings is 1. The lowest BCUT2D eigenvalue weighted by Gasteiger charge is -2.33. The summed E-state index contributed by atoms with van der Waals surface area (Å²) < 4.78 is 0. The van der Waals surface area contributed by atoms with Crippen molar-refractivity contribution in [2.24, 2.45) is 5.92 Å². The van der Waals surface area contributed by atoms with Gasteiger partial charge in [-0.25, -0.2) is 0 Å². The van der Waals surface area contributed by atoms with Crippen molar-refractivity contribution in [2.45, 2.75) is 32.2 Å². The summed E-state index contributed by atoms with van der Waals surface area (Å²) in [6.45, 7) is 3.71. The van der Waals surface area contributed by atoms with E-state index in [-0.39, 0.29) is 11.8 Å². The Morgan fingerprint density at radius 2 is 1.90 bits per heavy atom. The number of para-hydroxylation sites is 1. The van der Waals surface area contributed by atoms with Crippen LogP contribution in [-0.2, 0) is 11.2 Å². The molecule has 1 aliphatic rings. The van der Waals surface area contributed by atoms with Gasteiger partial charge in [-0.2, -0.15) is 0 Å². The molecule has 2 amide bonds. The van der Waals surface area contributed by atoms with Crippen LogP contribution in [0.5, 0.6) is 0 Å². The number of carbonyl (C=O) groups is 2. The number of hydrogen-bond acceptors (Lipinski definition) is 3. The maximum Gasteiger partial charge on any atom is 0.252 e. The van der Waals surface area contributed by atoms with Gasteiger partial charge in [0.2, 0.25) is 5.91 Å². The van der Waals surface area contributed by atoms with Crippen molar-refractivity contribution in [1.29, 1.82) is 0 Å². The van der Waals surface area contributed by atoms with E-state index in [2.05, 4.69) is 22.2 Å². The number of hydrogen-bond donors (Lipinski definition) is 2. The fraction of sp³-hybridized carbons (Fsp3) is 0.348. The Balaban J connectivity index is 1.57. The Labute approximate surface area is 170 Å². The predicted molar refractivity (Wildman–Crippen MR) is 112 cm³/mol. The minimum Gasteiger partial charge on any atom is -0.361 e. The van der Waals surface area contributed by atoms with E-state index in [0.29, 0.717) is 17.9 Å². The molecular formula is C23H26N4O2. The van der Waals surface area contributed by atoms with E-state index >= 15 is 0 Å². The molecule has 6 nitrogen and oxygen atoms in total. The summed E-state index contributed by atoms with van der Waals surface area (Å²) in [6, 6.07) is 10.7. The van der Waals surface area contributed by atoms with Gasteiger partial charge in [0, 0.05) is 54.6 Å². The van der Waals surface area contributed by atoms with Crippen LogP contribution in [0.25, 0.3) is 10.9 Å². The Morgan fingerprint density at radius 3 is 2.66 bits per heavy atom. The molecule has 0 spiro atoms. The molecule has 0 radical (unpaired) electrons. The topological polar surface area (TPSA) is 78.1 Å². The fourth-order valence-electron chi connectivity index (χ4n) is 3.91. The van der Waals surface area contributed by atoms with Gasteiger partial charge < -0.3 is 15.2 Å². The highest BCUT2D eigenvalue weighted by molar-refractivity contribution is 5.97. The molecule has 4 rings (SSSR count). The third-order valence-corrected chi connectivity index (χ3v) is 5.74. The Hall–Kier alpha value is -3.15. The highest BCUT2D eigenvalue weighted by Gasteiger charge is 2.29. The number of benzene rings is 1. The van der Waals surface area contributed by atoms with Gasteiger partial charge in [0.1, 0.15) is 6.04 Å². The van der Waals surface area contributed by atoms with Crippen LogP contribution in [0, 0.1) is 5.92 Å². The Bertz CT molecular complexity index is 990. The number of amides is 2. The first-order chi connectivity index (χ1) is 14.1. The van der Waals surface area contributed by atoms with Crippen molar-refractivity contribution in [1.82, 2.24) is 20.2 Å². The quantitative estimate of drug-likeness (QED) is 0.702. The van der Waals surface area contributed by atoms with Gasteiger partial charge in [-0.3, -0.25) is 14.6 Å². The average molecular weight is 390 g/mol. The third kappa shape index (κ3) is 4.31. The molecule has 0 aliphatic carbocycles. The number of nitrogens with one attached hydrogen (secondary N) is 2. The van der Waals surface area contributed by atoms with Crippen LogP contribution in [0.3, 0.4) is 0 Å². The van der Waals surface area contributed by atoms with Crippen molar-refractivity contribution in [3.63, 3.8) is 0 Å². The highest BCUT2D eigenvalue weighted by atomic mass is 16.2. The first-order valence-corrected chi connectivity index (χ1v) is 10.2. The fourth-order valence-corrected chi connectivity index (χ4v) is 3.91. The lowest BCUT2D eigenvalue weighted by atomic mass is 9.97. The summed E-state index contributed by atoms with van der Waals surface area (Å²) in [6.07, 6.45) is 7.55. The average Bonchev–Trinajstić information content (AvgIpc) is 3.17. The van der Waals surface area contributed by atoms with Gasteiger partial charge in [-0.15, -0.1) is 0 Å². The van der Waals surface area contributed by atoms with E-state index in [1.165, 1.54) is 0 Å². The second kappa shape index (κ2) is 8.47. The van der Waals surface area contributed by atoms with Gasteiger partial charge in [-0.1, -0.05) is 25.1 Å². The van der Waals surface area contributed by atoms with Crippen molar-refractivity contribution in [3.05, 3.63) is 66.1 Å². The van der Waals surface area contributed by atoms with Crippen LogP contribution in [0.4, 0.5) is 0 Å². The van der Waals surface area contributed by atoms with Crippen LogP contribution in [0.15, 0.2) is 55.0 Å². The molecule has 1 fully saturated rings. The molecule has 2 N–H and O–H groups in total. The standard InChI is InChI=1S/C23H26N4O2/c1-16-8-12-27(13-9-16)23(29)21(26-22(28)17-6-10-24-11-7-17)14-18-15-25-20-5-3-2-4-19(18)20/h2-7,10-11,15-16,21,25H,8-9,12-14H2,1H3,(H,26,28)/t21-/m1/s1. The first-order valence-electron chi connectivity index (χ1n) is 10.2. The number of pyridine rings is 1. The van der Waals surface area contributed by atoms with Crippen LogP contribution >= 0.6 is 0 Å². The molecule has 1 atom stereocenters. The number of aromatic nitrogens is 2. The molecule has 150 valence electrons. The Morgan fingerprint density at radius 1 is 1.17 bits per heavy atom. The molecule has 0 bridgehead atoms. The van der Waals surface area contributed by atoms with Crippen LogP contribution in [-0.4, -0.2) is 45.8 Å².